The fourth-order valence-electron chi connectivity index (χ4n) is 1.86. The van der Waals surface area contributed by atoms with Crippen molar-refractivity contribution in [3.63, 3.8) is 0 Å². The van der Waals surface area contributed by atoms with Gasteiger partial charge in [-0.2, -0.15) is 0 Å². The molecule has 1 rings (SSSR count). The molecule has 0 aliphatic carbocycles. The van der Waals surface area contributed by atoms with Crippen LogP contribution in [0.1, 0.15) is 46.1 Å². The predicted octanol–water partition coefficient (Wildman–Crippen LogP) is 5.81. The summed E-state index contributed by atoms with van der Waals surface area (Å²) in [6.45, 7) is 16.2. The van der Waals surface area contributed by atoms with Crippen LogP contribution in [0.4, 0.5) is 0 Å². The molecule has 1 aromatic carbocycles. The topological polar surface area (TPSA) is 26.3 Å². The molecular formula is C19H32O2SSi. The van der Waals surface area contributed by atoms with Gasteiger partial charge in [0.15, 0.2) is 8.32 Å². The van der Waals surface area contributed by atoms with E-state index >= 15 is 0 Å². The summed E-state index contributed by atoms with van der Waals surface area (Å²) in [7, 11) is -2.77. The number of rotatable bonds is 7. The minimum atomic E-state index is -1.70. The zero-order valence-corrected chi connectivity index (χ0v) is 17.5. The summed E-state index contributed by atoms with van der Waals surface area (Å²) in [5, 5.41) is 2.13. The molecule has 0 saturated carbocycles. The van der Waals surface area contributed by atoms with Gasteiger partial charge in [0.1, 0.15) is 0 Å². The van der Waals surface area contributed by atoms with Crippen LogP contribution >= 0.6 is 0 Å². The van der Waals surface area contributed by atoms with Gasteiger partial charge in [0, 0.05) is 16.9 Å². The molecule has 0 aromatic heterocycles. The molecule has 0 radical (unpaired) electrons. The van der Waals surface area contributed by atoms with Gasteiger partial charge in [0.25, 0.3) is 0 Å². The molecule has 1 atom stereocenters. The molecular weight excluding hydrogens is 320 g/mol. The normalized spacial score (nSPS) is 14.8. The van der Waals surface area contributed by atoms with E-state index in [1.165, 1.54) is 11.1 Å². The standard InChI is InChI=1S/C19H32O2SSi/c1-8-17(13-14-21-23(6,7)19(3,4)5)15-22(20)18-11-9-16(2)10-12-18/h9-12,15H,8,13-14H2,1-7H3/b17-15+. The SMILES string of the molecule is CC/C(=C\S(=O)c1ccc(C)cc1)CCO[Si](C)(C)C(C)(C)C. The Morgan fingerprint density at radius 3 is 2.26 bits per heavy atom. The number of benzene rings is 1. The van der Waals surface area contributed by atoms with Crippen molar-refractivity contribution in [3.05, 3.63) is 40.8 Å². The first-order valence-corrected chi connectivity index (χ1v) is 12.5. The highest BCUT2D eigenvalue weighted by atomic mass is 32.2. The Balaban J connectivity index is 2.66. The molecule has 0 saturated heterocycles. The van der Waals surface area contributed by atoms with Crippen LogP contribution in [0, 0.1) is 6.92 Å². The van der Waals surface area contributed by atoms with Gasteiger partial charge in [-0.15, -0.1) is 0 Å². The van der Waals surface area contributed by atoms with Crippen molar-refractivity contribution < 1.29 is 8.63 Å². The number of aryl methyl sites for hydroxylation is 1. The maximum atomic E-state index is 12.4. The first kappa shape index (κ1) is 20.3. The quantitative estimate of drug-likeness (QED) is 0.579. The average Bonchev–Trinajstić information content (AvgIpc) is 2.45. The molecule has 1 unspecified atom stereocenters. The second kappa shape index (κ2) is 8.40. The smallest absolute Gasteiger partial charge is 0.191 e. The van der Waals surface area contributed by atoms with Gasteiger partial charge < -0.3 is 4.43 Å². The molecule has 23 heavy (non-hydrogen) atoms. The second-order valence-electron chi connectivity index (χ2n) is 7.60. The summed E-state index contributed by atoms with van der Waals surface area (Å²) in [4.78, 5) is 0.867. The van der Waals surface area contributed by atoms with E-state index < -0.39 is 19.1 Å². The lowest BCUT2D eigenvalue weighted by molar-refractivity contribution is 0.291. The highest BCUT2D eigenvalue weighted by Crippen LogP contribution is 2.36. The molecule has 0 aliphatic heterocycles. The molecule has 0 spiro atoms. The molecule has 0 fully saturated rings. The van der Waals surface area contributed by atoms with Crippen LogP contribution in [0.2, 0.25) is 18.1 Å². The first-order chi connectivity index (χ1) is 10.6. The van der Waals surface area contributed by atoms with E-state index in [4.69, 9.17) is 4.43 Å². The van der Waals surface area contributed by atoms with Crippen molar-refractivity contribution >= 4 is 19.1 Å². The molecule has 0 N–H and O–H groups in total. The van der Waals surface area contributed by atoms with E-state index in [0.29, 0.717) is 0 Å². The van der Waals surface area contributed by atoms with Crippen LogP contribution in [0.3, 0.4) is 0 Å². The monoisotopic (exact) mass is 352 g/mol. The summed E-state index contributed by atoms with van der Waals surface area (Å²) in [5.74, 6) is 0. The first-order valence-electron chi connectivity index (χ1n) is 8.37. The maximum Gasteiger partial charge on any atom is 0.191 e. The highest BCUT2D eigenvalue weighted by molar-refractivity contribution is 7.88. The van der Waals surface area contributed by atoms with Gasteiger partial charge in [-0.25, -0.2) is 4.21 Å². The highest BCUT2D eigenvalue weighted by Gasteiger charge is 2.36. The Kier molecular flexibility index (Phi) is 7.43. The van der Waals surface area contributed by atoms with Gasteiger partial charge in [-0.1, -0.05) is 51.0 Å². The number of hydrogen-bond acceptors (Lipinski definition) is 2. The minimum absolute atomic E-state index is 0.230. The summed E-state index contributed by atoms with van der Waals surface area (Å²) in [5.41, 5.74) is 2.40. The lowest BCUT2D eigenvalue weighted by Crippen LogP contribution is -2.41. The van der Waals surface area contributed by atoms with Crippen LogP contribution < -0.4 is 0 Å². The Morgan fingerprint density at radius 2 is 1.78 bits per heavy atom. The van der Waals surface area contributed by atoms with E-state index in [1.54, 1.807) is 0 Å². The van der Waals surface area contributed by atoms with Crippen LogP contribution in [0.15, 0.2) is 40.1 Å². The summed E-state index contributed by atoms with van der Waals surface area (Å²) < 4.78 is 18.7. The van der Waals surface area contributed by atoms with E-state index in [9.17, 15) is 4.21 Å². The van der Waals surface area contributed by atoms with Gasteiger partial charge in [-0.3, -0.25) is 0 Å². The van der Waals surface area contributed by atoms with Crippen molar-refractivity contribution in [3.8, 4) is 0 Å². The fraction of sp³-hybridized carbons (Fsp3) is 0.579. The largest absolute Gasteiger partial charge is 0.417 e. The Morgan fingerprint density at radius 1 is 1.22 bits per heavy atom. The summed E-state index contributed by atoms with van der Waals surface area (Å²) in [6, 6.07) is 7.91. The van der Waals surface area contributed by atoms with Crippen molar-refractivity contribution in [2.75, 3.05) is 6.61 Å². The van der Waals surface area contributed by atoms with Crippen LogP contribution in [-0.2, 0) is 15.2 Å². The van der Waals surface area contributed by atoms with E-state index in [-0.39, 0.29) is 5.04 Å². The Bertz CT molecular complexity index is 554. The predicted molar refractivity (Wildman–Crippen MR) is 104 cm³/mol. The minimum Gasteiger partial charge on any atom is -0.417 e. The molecule has 4 heteroatoms. The fourth-order valence-corrected chi connectivity index (χ4v) is 4.04. The third kappa shape index (κ3) is 6.36. The van der Waals surface area contributed by atoms with E-state index in [1.807, 2.05) is 36.6 Å². The van der Waals surface area contributed by atoms with Gasteiger partial charge in [0.2, 0.25) is 0 Å². The van der Waals surface area contributed by atoms with Crippen LogP contribution in [-0.4, -0.2) is 19.1 Å². The van der Waals surface area contributed by atoms with Crippen LogP contribution in [0.25, 0.3) is 0 Å². The summed E-state index contributed by atoms with van der Waals surface area (Å²) in [6.07, 6.45) is 1.78. The zero-order valence-electron chi connectivity index (χ0n) is 15.7. The molecule has 0 amide bonds. The van der Waals surface area contributed by atoms with Crippen molar-refractivity contribution in [2.24, 2.45) is 0 Å². The second-order valence-corrected chi connectivity index (χ2v) is 13.7. The maximum absolute atomic E-state index is 12.4. The van der Waals surface area contributed by atoms with E-state index in [2.05, 4.69) is 40.8 Å². The Labute approximate surface area is 145 Å². The molecule has 130 valence electrons. The summed E-state index contributed by atoms with van der Waals surface area (Å²) >= 11 is 0. The lowest BCUT2D eigenvalue weighted by Gasteiger charge is -2.36. The van der Waals surface area contributed by atoms with Gasteiger partial charge in [0.05, 0.1) is 10.8 Å². The average molecular weight is 353 g/mol. The van der Waals surface area contributed by atoms with Crippen LogP contribution in [0.5, 0.6) is 0 Å². The Hall–Kier alpha value is -0.713. The van der Waals surface area contributed by atoms with Crippen molar-refractivity contribution in [2.45, 2.75) is 70.5 Å². The molecule has 0 aliphatic rings. The molecule has 0 heterocycles. The van der Waals surface area contributed by atoms with Gasteiger partial charge >= 0.3 is 0 Å². The lowest BCUT2D eigenvalue weighted by atomic mass is 10.2. The molecule has 0 bridgehead atoms. The third-order valence-electron chi connectivity index (χ3n) is 4.67. The van der Waals surface area contributed by atoms with E-state index in [0.717, 1.165) is 24.3 Å². The third-order valence-corrected chi connectivity index (χ3v) is 10.5. The van der Waals surface area contributed by atoms with Crippen molar-refractivity contribution in [1.29, 1.82) is 0 Å². The molecule has 1 aromatic rings. The van der Waals surface area contributed by atoms with Crippen molar-refractivity contribution in [1.82, 2.24) is 0 Å². The number of hydrogen-bond donors (Lipinski definition) is 0. The molecule has 2 nitrogen and oxygen atoms in total. The zero-order chi connectivity index (χ0) is 17.7. The van der Waals surface area contributed by atoms with Gasteiger partial charge in [-0.05, 0) is 50.0 Å².